The summed E-state index contributed by atoms with van der Waals surface area (Å²) in [6.07, 6.45) is 2.59. The number of nitrogens with two attached hydrogens (primary N) is 1. The Hall–Kier alpha value is -2.37. The molecule has 0 spiro atoms. The van der Waals surface area contributed by atoms with Crippen LogP contribution in [0.15, 0.2) is 24.3 Å². The Morgan fingerprint density at radius 1 is 1.27 bits per heavy atom. The summed E-state index contributed by atoms with van der Waals surface area (Å²) in [5.41, 5.74) is 5.68. The van der Waals surface area contributed by atoms with Gasteiger partial charge in [0.1, 0.15) is 0 Å². The van der Waals surface area contributed by atoms with E-state index < -0.39 is 17.3 Å². The Balaban J connectivity index is 1.81. The Bertz CT molecular complexity index is 594. The number of carboxylic acid groups (broad SMARTS) is 1. The lowest BCUT2D eigenvalue weighted by Crippen LogP contribution is -2.42. The van der Waals surface area contributed by atoms with Crippen LogP contribution in [0.5, 0.6) is 0 Å². The maximum Gasteiger partial charge on any atom is 0.310 e. The molecule has 2 rings (SSSR count). The number of nitrogens with one attached hydrogen (secondary N) is 1. The van der Waals surface area contributed by atoms with Crippen LogP contribution in [0.3, 0.4) is 0 Å². The number of carboxylic acids is 1. The molecule has 0 aromatic heterocycles. The summed E-state index contributed by atoms with van der Waals surface area (Å²) in [5.74, 6) is -1.62. The van der Waals surface area contributed by atoms with Crippen molar-refractivity contribution < 1.29 is 19.5 Å². The van der Waals surface area contributed by atoms with Gasteiger partial charge in [0, 0.05) is 18.5 Å². The molecule has 6 nitrogen and oxygen atoms in total. The lowest BCUT2D eigenvalue weighted by Gasteiger charge is -2.36. The van der Waals surface area contributed by atoms with Gasteiger partial charge in [0.15, 0.2) is 0 Å². The van der Waals surface area contributed by atoms with Crippen LogP contribution < -0.4 is 11.1 Å². The highest BCUT2D eigenvalue weighted by Crippen LogP contribution is 2.44. The first kappa shape index (κ1) is 16.0. The van der Waals surface area contributed by atoms with Crippen molar-refractivity contribution in [1.29, 1.82) is 0 Å². The van der Waals surface area contributed by atoms with E-state index in [4.69, 9.17) is 5.73 Å². The van der Waals surface area contributed by atoms with Crippen molar-refractivity contribution in [3.05, 3.63) is 35.4 Å². The minimum Gasteiger partial charge on any atom is -0.481 e. The van der Waals surface area contributed by atoms with Crippen LogP contribution in [0.2, 0.25) is 0 Å². The number of primary amides is 1. The summed E-state index contributed by atoms with van der Waals surface area (Å²) in [4.78, 5) is 34.2. The van der Waals surface area contributed by atoms with Gasteiger partial charge in [-0.2, -0.15) is 0 Å². The highest BCUT2D eigenvalue weighted by molar-refractivity contribution is 5.92. The largest absolute Gasteiger partial charge is 0.481 e. The van der Waals surface area contributed by atoms with Gasteiger partial charge >= 0.3 is 5.97 Å². The molecule has 0 heterocycles. The number of carbonyl (C=O) groups excluding carboxylic acids is 2. The second-order valence-electron chi connectivity index (χ2n) is 5.78. The first-order valence-electron chi connectivity index (χ1n) is 7.32. The molecule has 4 N–H and O–H groups in total. The molecule has 6 heteroatoms. The van der Waals surface area contributed by atoms with Crippen LogP contribution in [-0.4, -0.2) is 29.4 Å². The van der Waals surface area contributed by atoms with Crippen LogP contribution >= 0.6 is 0 Å². The fourth-order valence-electron chi connectivity index (χ4n) is 2.67. The highest BCUT2D eigenvalue weighted by atomic mass is 16.4. The molecule has 0 aliphatic heterocycles. The van der Waals surface area contributed by atoms with E-state index in [2.05, 4.69) is 5.32 Å². The van der Waals surface area contributed by atoms with Crippen LogP contribution in [0, 0.1) is 5.41 Å². The van der Waals surface area contributed by atoms with Gasteiger partial charge in [-0.25, -0.2) is 0 Å². The van der Waals surface area contributed by atoms with E-state index in [-0.39, 0.29) is 12.3 Å². The molecule has 1 aromatic rings. The maximum absolute atomic E-state index is 11.9. The lowest BCUT2D eigenvalue weighted by molar-refractivity contribution is -0.157. The third-order valence-electron chi connectivity index (χ3n) is 4.21. The molecule has 1 aliphatic carbocycles. The van der Waals surface area contributed by atoms with Crippen LogP contribution in [0.1, 0.15) is 41.6 Å². The molecule has 0 radical (unpaired) electrons. The fourth-order valence-corrected chi connectivity index (χ4v) is 2.67. The van der Waals surface area contributed by atoms with Crippen molar-refractivity contribution in [3.8, 4) is 0 Å². The summed E-state index contributed by atoms with van der Waals surface area (Å²) >= 11 is 0. The number of amides is 2. The molecule has 1 aliphatic rings. The second-order valence-corrected chi connectivity index (χ2v) is 5.78. The van der Waals surface area contributed by atoms with Crippen LogP contribution in [0.25, 0.3) is 0 Å². The average Bonchev–Trinajstić information content (AvgIpc) is 2.42. The summed E-state index contributed by atoms with van der Waals surface area (Å²) < 4.78 is 0. The Labute approximate surface area is 128 Å². The summed E-state index contributed by atoms with van der Waals surface area (Å²) in [6.45, 7) is 0.400. The standard InChI is InChI=1S/C16H20N2O4/c17-14(20)12-4-1-3-11(9-12)5-8-18-13(19)10-16(15(21)22)6-2-7-16/h1,3-4,9H,2,5-8,10H2,(H2,17,20)(H,18,19)(H,21,22). The molecular formula is C16H20N2O4. The Morgan fingerprint density at radius 3 is 2.55 bits per heavy atom. The molecule has 2 amide bonds. The molecule has 1 fully saturated rings. The lowest BCUT2D eigenvalue weighted by atomic mass is 9.66. The zero-order valence-corrected chi connectivity index (χ0v) is 12.3. The molecule has 1 aromatic carbocycles. The van der Waals surface area contributed by atoms with Gasteiger partial charge in [-0.1, -0.05) is 18.6 Å². The normalized spacial score (nSPS) is 15.6. The van der Waals surface area contributed by atoms with Crippen molar-refractivity contribution in [2.75, 3.05) is 6.54 Å². The van der Waals surface area contributed by atoms with Gasteiger partial charge in [0.2, 0.25) is 11.8 Å². The first-order chi connectivity index (χ1) is 10.4. The summed E-state index contributed by atoms with van der Waals surface area (Å²) in [5, 5.41) is 11.9. The third kappa shape index (κ3) is 3.63. The third-order valence-corrected chi connectivity index (χ3v) is 4.21. The van der Waals surface area contributed by atoms with E-state index in [0.717, 1.165) is 12.0 Å². The van der Waals surface area contributed by atoms with E-state index in [1.807, 2.05) is 6.07 Å². The number of aliphatic carboxylic acids is 1. The van der Waals surface area contributed by atoms with Crippen molar-refractivity contribution in [2.45, 2.75) is 32.1 Å². The molecular weight excluding hydrogens is 284 g/mol. The smallest absolute Gasteiger partial charge is 0.310 e. The zero-order valence-electron chi connectivity index (χ0n) is 12.3. The van der Waals surface area contributed by atoms with E-state index in [1.54, 1.807) is 18.2 Å². The number of hydrogen-bond acceptors (Lipinski definition) is 3. The molecule has 0 atom stereocenters. The van der Waals surface area contributed by atoms with Gasteiger partial charge in [0.05, 0.1) is 5.41 Å². The predicted octanol–water partition coefficient (Wildman–Crippen LogP) is 1.09. The van der Waals surface area contributed by atoms with Gasteiger partial charge in [0.25, 0.3) is 0 Å². The second kappa shape index (κ2) is 6.60. The van der Waals surface area contributed by atoms with Crippen molar-refractivity contribution in [3.63, 3.8) is 0 Å². The quantitative estimate of drug-likeness (QED) is 0.700. The minimum absolute atomic E-state index is 0.0314. The monoisotopic (exact) mass is 304 g/mol. The SMILES string of the molecule is NC(=O)c1cccc(CCNC(=O)CC2(C(=O)O)CCC2)c1. The first-order valence-corrected chi connectivity index (χ1v) is 7.32. The Morgan fingerprint density at radius 2 is 2.00 bits per heavy atom. The van der Waals surface area contributed by atoms with Gasteiger partial charge in [-0.15, -0.1) is 0 Å². The van der Waals surface area contributed by atoms with Crippen molar-refractivity contribution in [1.82, 2.24) is 5.32 Å². The zero-order chi connectivity index (χ0) is 16.2. The van der Waals surface area contributed by atoms with Crippen molar-refractivity contribution >= 4 is 17.8 Å². The minimum atomic E-state index is -0.886. The van der Waals surface area contributed by atoms with Gasteiger partial charge in [-0.05, 0) is 37.0 Å². The fraction of sp³-hybridized carbons (Fsp3) is 0.438. The topological polar surface area (TPSA) is 109 Å². The van der Waals surface area contributed by atoms with E-state index >= 15 is 0 Å². The van der Waals surface area contributed by atoms with Crippen molar-refractivity contribution in [2.24, 2.45) is 11.1 Å². The summed E-state index contributed by atoms with van der Waals surface area (Å²) in [6, 6.07) is 6.92. The van der Waals surface area contributed by atoms with E-state index in [9.17, 15) is 19.5 Å². The molecule has 0 unspecified atom stereocenters. The molecule has 0 saturated heterocycles. The number of benzene rings is 1. The van der Waals surface area contributed by atoms with Gasteiger partial charge < -0.3 is 16.2 Å². The molecule has 118 valence electrons. The Kier molecular flexibility index (Phi) is 4.80. The highest BCUT2D eigenvalue weighted by Gasteiger charge is 2.45. The van der Waals surface area contributed by atoms with E-state index in [1.165, 1.54) is 0 Å². The summed E-state index contributed by atoms with van der Waals surface area (Å²) in [7, 11) is 0. The average molecular weight is 304 g/mol. The number of hydrogen-bond donors (Lipinski definition) is 3. The van der Waals surface area contributed by atoms with Crippen LogP contribution in [0.4, 0.5) is 0 Å². The molecule has 0 bridgehead atoms. The molecule has 22 heavy (non-hydrogen) atoms. The molecule has 1 saturated carbocycles. The maximum atomic E-state index is 11.9. The van der Waals surface area contributed by atoms with Gasteiger partial charge in [-0.3, -0.25) is 14.4 Å². The number of carbonyl (C=O) groups is 3. The predicted molar refractivity (Wildman–Crippen MR) is 80.2 cm³/mol. The van der Waals surface area contributed by atoms with Crippen LogP contribution in [-0.2, 0) is 16.0 Å². The number of rotatable bonds is 7. The van der Waals surface area contributed by atoms with E-state index in [0.29, 0.717) is 31.4 Å².